The van der Waals surface area contributed by atoms with Gasteiger partial charge in [-0.05, 0) is 18.2 Å². The average Bonchev–Trinajstić information content (AvgIpc) is 2.87. The lowest BCUT2D eigenvalue weighted by Crippen LogP contribution is -2.13. The Morgan fingerprint density at radius 2 is 2.00 bits per heavy atom. The van der Waals surface area contributed by atoms with E-state index < -0.39 is 22.5 Å². The summed E-state index contributed by atoms with van der Waals surface area (Å²) in [5.74, 6) is -2.55. The van der Waals surface area contributed by atoms with Crippen LogP contribution in [0.1, 0.15) is 10.4 Å². The summed E-state index contributed by atoms with van der Waals surface area (Å²) in [5.41, 5.74) is -0.0963. The number of nitro benzene ring substituents is 1. The summed E-state index contributed by atoms with van der Waals surface area (Å²) >= 11 is 1.09. The highest BCUT2D eigenvalue weighted by molar-refractivity contribution is 7.22. The van der Waals surface area contributed by atoms with Gasteiger partial charge in [0, 0.05) is 18.2 Å². The monoisotopic (exact) mass is 335 g/mol. The van der Waals surface area contributed by atoms with Crippen molar-refractivity contribution in [1.29, 1.82) is 0 Å². The molecule has 3 rings (SSSR count). The van der Waals surface area contributed by atoms with Gasteiger partial charge in [0.05, 0.1) is 20.7 Å². The molecule has 1 heterocycles. The van der Waals surface area contributed by atoms with E-state index in [4.69, 9.17) is 0 Å². The number of anilines is 1. The number of carbonyl (C=O) groups is 1. The van der Waals surface area contributed by atoms with Crippen LogP contribution in [-0.2, 0) is 0 Å². The van der Waals surface area contributed by atoms with Crippen molar-refractivity contribution in [2.75, 3.05) is 5.32 Å². The minimum atomic E-state index is -0.987. The number of nitrogens with one attached hydrogen (secondary N) is 1. The van der Waals surface area contributed by atoms with Gasteiger partial charge in [0.15, 0.2) is 5.13 Å². The maximum Gasteiger partial charge on any atom is 0.271 e. The van der Waals surface area contributed by atoms with Gasteiger partial charge in [-0.25, -0.2) is 13.8 Å². The van der Waals surface area contributed by atoms with E-state index in [9.17, 15) is 23.7 Å². The summed E-state index contributed by atoms with van der Waals surface area (Å²) in [6.07, 6.45) is 0. The number of benzene rings is 2. The molecule has 2 aromatic carbocycles. The standard InChI is InChI=1S/C14H7F2N3O3S/c15-7-1-3-9(10(16)5-7)13(20)18-14-17-11-6-8(19(21)22)2-4-12(11)23-14/h1-6H,(H,17,18,20). The topological polar surface area (TPSA) is 85.1 Å². The van der Waals surface area contributed by atoms with Crippen LogP contribution in [0.3, 0.4) is 0 Å². The maximum atomic E-state index is 13.6. The van der Waals surface area contributed by atoms with Gasteiger partial charge in [-0.1, -0.05) is 11.3 Å². The van der Waals surface area contributed by atoms with Gasteiger partial charge in [0.1, 0.15) is 11.6 Å². The molecule has 0 aliphatic carbocycles. The molecule has 0 unspecified atom stereocenters. The normalized spacial score (nSPS) is 10.7. The summed E-state index contributed by atoms with van der Waals surface area (Å²) in [6.45, 7) is 0. The van der Waals surface area contributed by atoms with Crippen molar-refractivity contribution in [3.63, 3.8) is 0 Å². The Balaban J connectivity index is 1.89. The summed E-state index contributed by atoms with van der Waals surface area (Å²) in [4.78, 5) is 26.2. The predicted octanol–water partition coefficient (Wildman–Crippen LogP) is 3.74. The molecular weight excluding hydrogens is 328 g/mol. The first-order valence-corrected chi connectivity index (χ1v) is 7.07. The number of nitrogens with zero attached hydrogens (tertiary/aromatic N) is 2. The molecule has 0 aliphatic rings. The van der Waals surface area contributed by atoms with Gasteiger partial charge in [-0.15, -0.1) is 0 Å². The Hall–Kier alpha value is -2.94. The zero-order chi connectivity index (χ0) is 16.6. The SMILES string of the molecule is O=C(Nc1nc2cc([N+](=O)[O-])ccc2s1)c1ccc(F)cc1F. The molecule has 1 N–H and O–H groups in total. The van der Waals surface area contributed by atoms with Crippen LogP contribution in [0.15, 0.2) is 36.4 Å². The smallest absolute Gasteiger partial charge is 0.271 e. The number of nitro groups is 1. The number of aromatic nitrogens is 1. The van der Waals surface area contributed by atoms with Crippen molar-refractivity contribution >= 4 is 38.3 Å². The fourth-order valence-corrected chi connectivity index (χ4v) is 2.76. The third-order valence-electron chi connectivity index (χ3n) is 2.98. The Morgan fingerprint density at radius 3 is 2.70 bits per heavy atom. The fraction of sp³-hybridized carbons (Fsp3) is 0. The molecule has 0 saturated heterocycles. The van der Waals surface area contributed by atoms with Crippen molar-refractivity contribution in [3.05, 3.63) is 63.7 Å². The first-order chi connectivity index (χ1) is 10.9. The van der Waals surface area contributed by atoms with E-state index in [1.807, 2.05) is 0 Å². The molecular formula is C14H7F2N3O3S. The Kier molecular flexibility index (Phi) is 3.70. The summed E-state index contributed by atoms with van der Waals surface area (Å²) in [6, 6.07) is 6.72. The van der Waals surface area contributed by atoms with Crippen LogP contribution in [0.2, 0.25) is 0 Å². The molecule has 116 valence electrons. The lowest BCUT2D eigenvalue weighted by Gasteiger charge is -2.02. The Morgan fingerprint density at radius 1 is 1.22 bits per heavy atom. The lowest BCUT2D eigenvalue weighted by atomic mass is 10.2. The minimum absolute atomic E-state index is 0.120. The molecule has 0 bridgehead atoms. The number of halogens is 2. The summed E-state index contributed by atoms with van der Waals surface area (Å²) in [5, 5.41) is 13.3. The van der Waals surface area contributed by atoms with Crippen molar-refractivity contribution in [2.45, 2.75) is 0 Å². The number of thiazole rings is 1. The predicted molar refractivity (Wildman–Crippen MR) is 80.6 cm³/mol. The second-order valence-corrected chi connectivity index (χ2v) is 5.54. The van der Waals surface area contributed by atoms with Crippen molar-refractivity contribution in [1.82, 2.24) is 4.98 Å². The van der Waals surface area contributed by atoms with Gasteiger partial charge in [0.2, 0.25) is 0 Å². The number of non-ortho nitro benzene ring substituents is 1. The zero-order valence-corrected chi connectivity index (χ0v) is 12.1. The third-order valence-corrected chi connectivity index (χ3v) is 3.93. The quantitative estimate of drug-likeness (QED) is 0.584. The van der Waals surface area contributed by atoms with Crippen molar-refractivity contribution in [3.8, 4) is 0 Å². The Bertz CT molecular complexity index is 942. The molecule has 6 nitrogen and oxygen atoms in total. The molecule has 3 aromatic rings. The first-order valence-electron chi connectivity index (χ1n) is 6.25. The van der Waals surface area contributed by atoms with E-state index in [0.29, 0.717) is 16.3 Å². The highest BCUT2D eigenvalue weighted by Crippen LogP contribution is 2.29. The number of hydrogen-bond donors (Lipinski definition) is 1. The van der Waals surface area contributed by atoms with Gasteiger partial charge in [0.25, 0.3) is 11.6 Å². The largest absolute Gasteiger partial charge is 0.298 e. The molecule has 0 aliphatic heterocycles. The fourth-order valence-electron chi connectivity index (χ4n) is 1.92. The summed E-state index contributed by atoms with van der Waals surface area (Å²) in [7, 11) is 0. The van der Waals surface area contributed by atoms with Gasteiger partial charge in [-0.3, -0.25) is 20.2 Å². The molecule has 0 saturated carbocycles. The van der Waals surface area contributed by atoms with Crippen molar-refractivity contribution in [2.24, 2.45) is 0 Å². The second kappa shape index (κ2) is 5.69. The van der Waals surface area contributed by atoms with Gasteiger partial charge >= 0.3 is 0 Å². The second-order valence-electron chi connectivity index (χ2n) is 4.51. The molecule has 0 fully saturated rings. The lowest BCUT2D eigenvalue weighted by molar-refractivity contribution is -0.384. The van der Waals surface area contributed by atoms with Crippen LogP contribution >= 0.6 is 11.3 Å². The first kappa shape index (κ1) is 15.0. The molecule has 23 heavy (non-hydrogen) atoms. The summed E-state index contributed by atoms with van der Waals surface area (Å²) < 4.78 is 27.0. The van der Waals surface area contributed by atoms with E-state index in [-0.39, 0.29) is 16.4 Å². The van der Waals surface area contributed by atoms with Crippen LogP contribution < -0.4 is 5.32 Å². The number of fused-ring (bicyclic) bond motifs is 1. The van der Waals surface area contributed by atoms with E-state index >= 15 is 0 Å². The highest BCUT2D eigenvalue weighted by Gasteiger charge is 2.16. The number of amides is 1. The number of carbonyl (C=O) groups excluding carboxylic acids is 1. The molecule has 1 aromatic heterocycles. The molecule has 9 heteroatoms. The van der Waals surface area contributed by atoms with E-state index in [1.165, 1.54) is 18.2 Å². The van der Waals surface area contributed by atoms with Crippen LogP contribution in [0.4, 0.5) is 19.6 Å². The van der Waals surface area contributed by atoms with Crippen molar-refractivity contribution < 1.29 is 18.5 Å². The Labute approximate surface area is 131 Å². The minimum Gasteiger partial charge on any atom is -0.298 e. The van der Waals surface area contributed by atoms with E-state index in [1.54, 1.807) is 0 Å². The molecule has 0 spiro atoms. The number of rotatable bonds is 3. The van der Waals surface area contributed by atoms with Gasteiger partial charge in [-0.2, -0.15) is 0 Å². The molecule has 0 atom stereocenters. The molecule has 0 radical (unpaired) electrons. The highest BCUT2D eigenvalue weighted by atomic mass is 32.1. The number of hydrogen-bond acceptors (Lipinski definition) is 5. The molecule has 1 amide bonds. The van der Waals surface area contributed by atoms with Crippen LogP contribution in [0, 0.1) is 21.7 Å². The van der Waals surface area contributed by atoms with E-state index in [0.717, 1.165) is 23.5 Å². The maximum absolute atomic E-state index is 13.6. The van der Waals surface area contributed by atoms with Gasteiger partial charge < -0.3 is 0 Å². The zero-order valence-electron chi connectivity index (χ0n) is 11.2. The third kappa shape index (κ3) is 2.99. The van der Waals surface area contributed by atoms with Crippen LogP contribution in [-0.4, -0.2) is 15.8 Å². The van der Waals surface area contributed by atoms with E-state index in [2.05, 4.69) is 10.3 Å². The van der Waals surface area contributed by atoms with Crippen LogP contribution in [0.5, 0.6) is 0 Å². The van der Waals surface area contributed by atoms with Crippen LogP contribution in [0.25, 0.3) is 10.2 Å². The average molecular weight is 335 g/mol.